The topological polar surface area (TPSA) is 50.1 Å². The van der Waals surface area contributed by atoms with E-state index in [4.69, 9.17) is 11.6 Å². The first-order valence-electron chi connectivity index (χ1n) is 7.45. The van der Waals surface area contributed by atoms with Crippen LogP contribution in [0, 0.1) is 6.92 Å². The predicted molar refractivity (Wildman–Crippen MR) is 91.4 cm³/mol. The summed E-state index contributed by atoms with van der Waals surface area (Å²) in [5.41, 5.74) is 3.76. The zero-order chi connectivity index (χ0) is 16.5. The number of aliphatic hydroxyl groups excluding tert-OH is 1. The van der Waals surface area contributed by atoms with Crippen LogP contribution in [0.4, 0.5) is 5.69 Å². The Balaban J connectivity index is 2.26. The molecule has 0 aliphatic rings. The van der Waals surface area contributed by atoms with Crippen LogP contribution in [0.2, 0.25) is 5.02 Å². The maximum atomic E-state index is 9.26. The van der Waals surface area contributed by atoms with Gasteiger partial charge in [0, 0.05) is 11.8 Å². The van der Waals surface area contributed by atoms with Gasteiger partial charge in [0.15, 0.2) is 0 Å². The summed E-state index contributed by atoms with van der Waals surface area (Å²) in [5, 5.41) is 17.9. The van der Waals surface area contributed by atoms with Crippen LogP contribution in [-0.2, 0) is 12.1 Å². The maximum Gasteiger partial charge on any atom is 0.0682 e. The lowest BCUT2D eigenvalue weighted by Crippen LogP contribution is -2.22. The molecule has 0 aliphatic heterocycles. The Labute approximate surface area is 137 Å². The maximum absolute atomic E-state index is 9.26. The molecule has 2 rings (SSSR count). The van der Waals surface area contributed by atoms with Gasteiger partial charge in [0.25, 0.3) is 0 Å². The van der Waals surface area contributed by atoms with Crippen molar-refractivity contribution in [2.45, 2.75) is 52.8 Å². The molecule has 2 aromatic rings. The largest absolute Gasteiger partial charge is 0.392 e. The molecule has 4 nitrogen and oxygen atoms in total. The Morgan fingerprint density at radius 3 is 2.59 bits per heavy atom. The van der Waals surface area contributed by atoms with E-state index in [1.54, 1.807) is 6.07 Å². The Morgan fingerprint density at radius 1 is 1.36 bits per heavy atom. The number of hydrogen-bond acceptors (Lipinski definition) is 3. The standard InChI is InChI=1S/C17H24ClN3O/c1-11(14-9-21(17(3,4)5)20-12(14)2)19-16-8-13(10-22)6-7-15(16)18/h6-9,11,19,22H,10H2,1-5H3. The second kappa shape index (κ2) is 6.31. The van der Waals surface area contributed by atoms with Crippen LogP contribution in [0.15, 0.2) is 24.4 Å². The Morgan fingerprint density at radius 2 is 2.05 bits per heavy atom. The summed E-state index contributed by atoms with van der Waals surface area (Å²) in [6.07, 6.45) is 2.08. The molecule has 0 bridgehead atoms. The van der Waals surface area contributed by atoms with Gasteiger partial charge in [0.1, 0.15) is 0 Å². The summed E-state index contributed by atoms with van der Waals surface area (Å²) in [5.74, 6) is 0. The van der Waals surface area contributed by atoms with Crippen molar-refractivity contribution in [1.82, 2.24) is 9.78 Å². The van der Waals surface area contributed by atoms with Crippen LogP contribution in [-0.4, -0.2) is 14.9 Å². The van der Waals surface area contributed by atoms with Gasteiger partial charge in [-0.15, -0.1) is 0 Å². The van der Waals surface area contributed by atoms with E-state index >= 15 is 0 Å². The summed E-state index contributed by atoms with van der Waals surface area (Å²) in [4.78, 5) is 0. The third-order valence-corrected chi connectivity index (χ3v) is 4.01. The molecule has 1 aromatic heterocycles. The number of aliphatic hydroxyl groups is 1. The fourth-order valence-electron chi connectivity index (χ4n) is 2.33. The van der Waals surface area contributed by atoms with Crippen LogP contribution in [0.1, 0.15) is 50.6 Å². The van der Waals surface area contributed by atoms with E-state index < -0.39 is 0 Å². The van der Waals surface area contributed by atoms with E-state index in [2.05, 4.69) is 44.3 Å². The SMILES string of the molecule is Cc1nn(C(C)(C)C)cc1C(C)Nc1cc(CO)ccc1Cl. The summed E-state index contributed by atoms with van der Waals surface area (Å²) < 4.78 is 1.99. The minimum atomic E-state index is -0.0445. The lowest BCUT2D eigenvalue weighted by atomic mass is 10.1. The summed E-state index contributed by atoms with van der Waals surface area (Å²) in [7, 11) is 0. The normalized spacial score (nSPS) is 13.2. The van der Waals surface area contributed by atoms with Crippen LogP contribution in [0.25, 0.3) is 0 Å². The number of anilines is 1. The highest BCUT2D eigenvalue weighted by molar-refractivity contribution is 6.33. The molecule has 0 aliphatic carbocycles. The number of aromatic nitrogens is 2. The molecule has 0 fully saturated rings. The molecule has 0 amide bonds. The highest BCUT2D eigenvalue weighted by atomic mass is 35.5. The Kier molecular flexibility index (Phi) is 4.83. The Bertz CT molecular complexity index is 658. The number of halogens is 1. The average Bonchev–Trinajstić information content (AvgIpc) is 2.83. The number of hydrogen-bond donors (Lipinski definition) is 2. The number of nitrogens with zero attached hydrogens (tertiary/aromatic N) is 2. The van der Waals surface area contributed by atoms with E-state index in [-0.39, 0.29) is 18.2 Å². The van der Waals surface area contributed by atoms with Crippen molar-refractivity contribution >= 4 is 17.3 Å². The van der Waals surface area contributed by atoms with E-state index in [0.717, 1.165) is 22.5 Å². The van der Waals surface area contributed by atoms with Crippen molar-refractivity contribution < 1.29 is 5.11 Å². The number of nitrogens with one attached hydrogen (secondary N) is 1. The van der Waals surface area contributed by atoms with Crippen LogP contribution in [0.5, 0.6) is 0 Å². The van der Waals surface area contributed by atoms with Crippen LogP contribution < -0.4 is 5.32 Å². The second-order valence-corrected chi connectivity index (χ2v) is 7.03. The summed E-state index contributed by atoms with van der Waals surface area (Å²) in [6.45, 7) is 10.5. The number of rotatable bonds is 4. The van der Waals surface area contributed by atoms with Gasteiger partial charge >= 0.3 is 0 Å². The van der Waals surface area contributed by atoms with Crippen molar-refractivity contribution in [2.24, 2.45) is 0 Å². The van der Waals surface area contributed by atoms with Crippen molar-refractivity contribution in [3.05, 3.63) is 46.2 Å². The van der Waals surface area contributed by atoms with E-state index in [0.29, 0.717) is 5.02 Å². The molecule has 0 radical (unpaired) electrons. The third kappa shape index (κ3) is 3.62. The third-order valence-electron chi connectivity index (χ3n) is 3.68. The van der Waals surface area contributed by atoms with Gasteiger partial charge in [0.2, 0.25) is 0 Å². The van der Waals surface area contributed by atoms with Gasteiger partial charge in [-0.3, -0.25) is 4.68 Å². The van der Waals surface area contributed by atoms with Gasteiger partial charge in [-0.05, 0) is 52.3 Å². The molecule has 1 heterocycles. The van der Waals surface area contributed by atoms with Crippen molar-refractivity contribution in [1.29, 1.82) is 0 Å². The van der Waals surface area contributed by atoms with E-state index in [1.807, 2.05) is 23.7 Å². The first kappa shape index (κ1) is 16.8. The van der Waals surface area contributed by atoms with E-state index in [9.17, 15) is 5.11 Å². The smallest absolute Gasteiger partial charge is 0.0682 e. The molecule has 120 valence electrons. The molecule has 22 heavy (non-hydrogen) atoms. The van der Waals surface area contributed by atoms with Gasteiger partial charge in [-0.1, -0.05) is 17.7 Å². The quantitative estimate of drug-likeness (QED) is 0.884. The van der Waals surface area contributed by atoms with Gasteiger partial charge in [-0.2, -0.15) is 5.10 Å². The monoisotopic (exact) mass is 321 g/mol. The van der Waals surface area contributed by atoms with Crippen molar-refractivity contribution in [3.63, 3.8) is 0 Å². The minimum absolute atomic E-state index is 0.00120. The van der Waals surface area contributed by atoms with Gasteiger partial charge in [0.05, 0.1) is 34.6 Å². The number of benzene rings is 1. The molecule has 5 heteroatoms. The van der Waals surface area contributed by atoms with Crippen molar-refractivity contribution in [3.8, 4) is 0 Å². The number of aryl methyl sites for hydroxylation is 1. The highest BCUT2D eigenvalue weighted by Crippen LogP contribution is 2.29. The zero-order valence-corrected chi connectivity index (χ0v) is 14.6. The fourth-order valence-corrected chi connectivity index (χ4v) is 2.51. The van der Waals surface area contributed by atoms with Crippen LogP contribution >= 0.6 is 11.6 Å². The predicted octanol–water partition coefficient (Wildman–Crippen LogP) is 4.27. The van der Waals surface area contributed by atoms with E-state index in [1.165, 1.54) is 0 Å². The molecule has 1 atom stereocenters. The summed E-state index contributed by atoms with van der Waals surface area (Å²) in [6, 6.07) is 5.57. The second-order valence-electron chi connectivity index (χ2n) is 6.62. The fraction of sp³-hybridized carbons (Fsp3) is 0.471. The first-order chi connectivity index (χ1) is 10.2. The lowest BCUT2D eigenvalue weighted by Gasteiger charge is -2.19. The highest BCUT2D eigenvalue weighted by Gasteiger charge is 2.19. The Hall–Kier alpha value is -1.52. The lowest BCUT2D eigenvalue weighted by molar-refractivity contribution is 0.282. The molecule has 1 aromatic carbocycles. The summed E-state index contributed by atoms with van der Waals surface area (Å²) >= 11 is 6.24. The molecular weight excluding hydrogens is 298 g/mol. The zero-order valence-electron chi connectivity index (χ0n) is 13.8. The molecule has 0 saturated heterocycles. The van der Waals surface area contributed by atoms with Crippen molar-refractivity contribution in [2.75, 3.05) is 5.32 Å². The molecular formula is C17H24ClN3O. The average molecular weight is 322 g/mol. The van der Waals surface area contributed by atoms with Gasteiger partial charge < -0.3 is 10.4 Å². The molecule has 2 N–H and O–H groups in total. The van der Waals surface area contributed by atoms with Gasteiger partial charge in [-0.25, -0.2) is 0 Å². The van der Waals surface area contributed by atoms with Crippen LogP contribution in [0.3, 0.4) is 0 Å². The molecule has 0 saturated carbocycles. The molecule has 1 unspecified atom stereocenters. The minimum Gasteiger partial charge on any atom is -0.392 e. The molecule has 0 spiro atoms. The first-order valence-corrected chi connectivity index (χ1v) is 7.82.